The zero-order valence-corrected chi connectivity index (χ0v) is 5.65. The number of Topliss-reactive ketones (excluding diaryl/α,β-unsaturated/α-hetero) is 1. The highest BCUT2D eigenvalue weighted by Gasteiger charge is 2.36. The Balaban J connectivity index is 2.69. The van der Waals surface area contributed by atoms with Gasteiger partial charge in [0, 0.05) is 5.92 Å². The lowest BCUT2D eigenvalue weighted by Gasteiger charge is -1.93. The number of rotatable bonds is 3. The number of carbonyl (C=O) groups excluding carboxylic acids is 1. The molecule has 11 heavy (non-hydrogen) atoms. The van der Waals surface area contributed by atoms with E-state index in [1.807, 2.05) is 0 Å². The van der Waals surface area contributed by atoms with Crippen LogP contribution in [-0.4, -0.2) is 27.8 Å². The zero-order valence-electron chi connectivity index (χ0n) is 5.65. The van der Waals surface area contributed by atoms with Crippen LogP contribution in [0.25, 0.3) is 0 Å². The van der Waals surface area contributed by atoms with E-state index in [0.717, 1.165) is 0 Å². The summed E-state index contributed by atoms with van der Waals surface area (Å²) >= 11 is 0. The highest BCUT2D eigenvalue weighted by molar-refractivity contribution is 6.64. The van der Waals surface area contributed by atoms with Gasteiger partial charge in [0.2, 0.25) is 5.71 Å². The number of nitrogens with zero attached hydrogens (tertiary/aromatic N) is 1. The van der Waals surface area contributed by atoms with Gasteiger partial charge in [-0.15, -0.1) is 0 Å². The van der Waals surface area contributed by atoms with E-state index in [-0.39, 0.29) is 5.92 Å². The minimum absolute atomic E-state index is 0.225. The molecule has 5 nitrogen and oxygen atoms in total. The molecule has 1 fully saturated rings. The molecule has 0 unspecified atom stereocenters. The summed E-state index contributed by atoms with van der Waals surface area (Å²) in [6.45, 7) is 0. The topological polar surface area (TPSA) is 87.0 Å². The van der Waals surface area contributed by atoms with Gasteiger partial charge in [0.15, 0.2) is 5.78 Å². The molecule has 0 bridgehead atoms. The summed E-state index contributed by atoms with van der Waals surface area (Å²) in [6, 6.07) is 0. The fourth-order valence-electron chi connectivity index (χ4n) is 0.736. The molecule has 0 aromatic heterocycles. The first-order valence-electron chi connectivity index (χ1n) is 3.16. The van der Waals surface area contributed by atoms with E-state index < -0.39 is 17.5 Å². The molecule has 60 valence electrons. The predicted octanol–water partition coefficient (Wildman–Crippen LogP) is -0.120. The number of hydrogen-bond acceptors (Lipinski definition) is 4. The fraction of sp³-hybridized carbons (Fsp3) is 0.500. The van der Waals surface area contributed by atoms with Crippen molar-refractivity contribution in [2.45, 2.75) is 12.8 Å². The summed E-state index contributed by atoms with van der Waals surface area (Å²) in [5.74, 6) is -2.26. The molecule has 0 spiro atoms. The van der Waals surface area contributed by atoms with Crippen LogP contribution >= 0.6 is 0 Å². The second kappa shape index (κ2) is 2.69. The number of ketones is 1. The molecule has 5 heteroatoms. The Kier molecular flexibility index (Phi) is 1.89. The van der Waals surface area contributed by atoms with Gasteiger partial charge in [-0.1, -0.05) is 5.16 Å². The summed E-state index contributed by atoms with van der Waals surface area (Å²) in [6.07, 6.45) is 1.40. The molecule has 1 rings (SSSR count). The van der Waals surface area contributed by atoms with E-state index in [1.54, 1.807) is 0 Å². The average Bonchev–Trinajstić information content (AvgIpc) is 2.68. The maximum Gasteiger partial charge on any atom is 0.361 e. The van der Waals surface area contributed by atoms with Crippen LogP contribution < -0.4 is 0 Å². The molecule has 0 amide bonds. The van der Waals surface area contributed by atoms with Crippen molar-refractivity contribution in [1.29, 1.82) is 0 Å². The van der Waals surface area contributed by atoms with Gasteiger partial charge in [0.1, 0.15) is 0 Å². The van der Waals surface area contributed by atoms with Crippen LogP contribution in [0.4, 0.5) is 0 Å². The molecule has 0 atom stereocenters. The van der Waals surface area contributed by atoms with Gasteiger partial charge in [0.05, 0.1) is 0 Å². The van der Waals surface area contributed by atoms with Crippen molar-refractivity contribution < 1.29 is 19.9 Å². The molecule has 1 saturated carbocycles. The number of hydrogen-bond donors (Lipinski definition) is 2. The maximum absolute atomic E-state index is 10.9. The van der Waals surface area contributed by atoms with Crippen molar-refractivity contribution >= 4 is 17.5 Å². The third-order valence-corrected chi connectivity index (χ3v) is 1.48. The van der Waals surface area contributed by atoms with Crippen molar-refractivity contribution in [3.05, 3.63) is 0 Å². The Morgan fingerprint density at radius 3 is 2.18 bits per heavy atom. The first-order chi connectivity index (χ1) is 5.16. The molecule has 2 N–H and O–H groups in total. The quantitative estimate of drug-likeness (QED) is 0.259. The van der Waals surface area contributed by atoms with Gasteiger partial charge in [0.25, 0.3) is 0 Å². The molecule has 0 aromatic rings. The van der Waals surface area contributed by atoms with E-state index in [9.17, 15) is 9.59 Å². The molecule has 0 radical (unpaired) electrons. The van der Waals surface area contributed by atoms with Gasteiger partial charge < -0.3 is 10.3 Å². The first kappa shape index (κ1) is 7.71. The highest BCUT2D eigenvalue weighted by atomic mass is 16.4. The van der Waals surface area contributed by atoms with Crippen LogP contribution in [0.3, 0.4) is 0 Å². The van der Waals surface area contributed by atoms with Gasteiger partial charge in [-0.25, -0.2) is 4.79 Å². The number of carboxylic acid groups (broad SMARTS) is 1. The molecule has 0 saturated heterocycles. The lowest BCUT2D eigenvalue weighted by molar-refractivity contribution is -0.130. The largest absolute Gasteiger partial charge is 0.476 e. The van der Waals surface area contributed by atoms with Crippen LogP contribution in [0.15, 0.2) is 5.16 Å². The van der Waals surface area contributed by atoms with E-state index in [4.69, 9.17) is 10.3 Å². The van der Waals surface area contributed by atoms with Crippen molar-refractivity contribution in [2.75, 3.05) is 0 Å². The Labute approximate surface area is 62.3 Å². The van der Waals surface area contributed by atoms with Crippen molar-refractivity contribution in [3.8, 4) is 0 Å². The Hall–Kier alpha value is -1.39. The van der Waals surface area contributed by atoms with Crippen LogP contribution in [0.2, 0.25) is 0 Å². The fourth-order valence-corrected chi connectivity index (χ4v) is 0.736. The van der Waals surface area contributed by atoms with Crippen molar-refractivity contribution in [3.63, 3.8) is 0 Å². The third kappa shape index (κ3) is 1.54. The third-order valence-electron chi connectivity index (χ3n) is 1.48. The summed E-state index contributed by atoms with van der Waals surface area (Å²) in [5.41, 5.74) is -0.757. The lowest BCUT2D eigenvalue weighted by Crippen LogP contribution is -2.25. The predicted molar refractivity (Wildman–Crippen MR) is 34.6 cm³/mol. The minimum atomic E-state index is -1.47. The van der Waals surface area contributed by atoms with Crippen LogP contribution in [0.5, 0.6) is 0 Å². The average molecular weight is 157 g/mol. The smallest absolute Gasteiger partial charge is 0.361 e. The highest BCUT2D eigenvalue weighted by Crippen LogP contribution is 2.30. The normalized spacial score (nSPS) is 18.0. The van der Waals surface area contributed by atoms with Gasteiger partial charge in [-0.3, -0.25) is 4.79 Å². The van der Waals surface area contributed by atoms with Crippen LogP contribution in [-0.2, 0) is 9.59 Å². The van der Waals surface area contributed by atoms with E-state index in [2.05, 4.69) is 5.16 Å². The number of carbonyl (C=O) groups is 2. The summed E-state index contributed by atoms with van der Waals surface area (Å²) in [7, 11) is 0. The summed E-state index contributed by atoms with van der Waals surface area (Å²) in [5, 5.41) is 18.9. The SMILES string of the molecule is O=C(O)/C(=N\O)C(=O)C1CC1. The minimum Gasteiger partial charge on any atom is -0.476 e. The van der Waals surface area contributed by atoms with Gasteiger partial charge in [-0.05, 0) is 12.8 Å². The summed E-state index contributed by atoms with van der Waals surface area (Å²) < 4.78 is 0. The second-order valence-corrected chi connectivity index (χ2v) is 2.39. The van der Waals surface area contributed by atoms with Crippen molar-refractivity contribution in [2.24, 2.45) is 11.1 Å². The number of aliphatic carboxylic acids is 1. The number of carboxylic acids is 1. The standard InChI is InChI=1S/C6H7NO4/c8-5(3-1-2-3)4(7-11)6(9)10/h3,11H,1-2H2,(H,9,10)/b7-4-. The maximum atomic E-state index is 10.9. The second-order valence-electron chi connectivity index (χ2n) is 2.39. The Morgan fingerprint density at radius 1 is 1.36 bits per heavy atom. The molecule has 1 aliphatic rings. The summed E-state index contributed by atoms with van der Waals surface area (Å²) in [4.78, 5) is 21.1. The van der Waals surface area contributed by atoms with E-state index in [1.165, 1.54) is 0 Å². The van der Waals surface area contributed by atoms with Gasteiger partial charge >= 0.3 is 5.97 Å². The molecule has 1 aliphatic carbocycles. The molecule has 0 heterocycles. The number of oxime groups is 1. The van der Waals surface area contributed by atoms with Crippen LogP contribution in [0.1, 0.15) is 12.8 Å². The Bertz CT molecular complexity index is 229. The van der Waals surface area contributed by atoms with E-state index in [0.29, 0.717) is 12.8 Å². The van der Waals surface area contributed by atoms with E-state index >= 15 is 0 Å². The molecule has 0 aromatic carbocycles. The molecular formula is C6H7NO4. The lowest BCUT2D eigenvalue weighted by atomic mass is 10.2. The van der Waals surface area contributed by atoms with Crippen LogP contribution in [0, 0.1) is 5.92 Å². The van der Waals surface area contributed by atoms with Gasteiger partial charge in [-0.2, -0.15) is 0 Å². The van der Waals surface area contributed by atoms with Crippen molar-refractivity contribution in [1.82, 2.24) is 0 Å². The molecular weight excluding hydrogens is 150 g/mol. The zero-order chi connectivity index (χ0) is 8.43. The first-order valence-corrected chi connectivity index (χ1v) is 3.16. The molecule has 0 aliphatic heterocycles. The monoisotopic (exact) mass is 157 g/mol. The Morgan fingerprint density at radius 2 is 1.91 bits per heavy atom.